The predicted octanol–water partition coefficient (Wildman–Crippen LogP) is 0.379. The van der Waals surface area contributed by atoms with E-state index in [4.69, 9.17) is 17.2 Å². The maximum absolute atomic E-state index is 5.47. The summed E-state index contributed by atoms with van der Waals surface area (Å²) in [6.07, 6.45) is 0. The summed E-state index contributed by atoms with van der Waals surface area (Å²) in [6, 6.07) is 7.90. The molecule has 6 N–H and O–H groups in total. The molecule has 6 heteroatoms. The van der Waals surface area contributed by atoms with Crippen molar-refractivity contribution in [3.8, 4) is 0 Å². The molecule has 1 aromatic rings. The van der Waals surface area contributed by atoms with E-state index in [-0.39, 0.29) is 11.9 Å². The van der Waals surface area contributed by atoms with Crippen molar-refractivity contribution in [3.63, 3.8) is 0 Å². The van der Waals surface area contributed by atoms with E-state index >= 15 is 0 Å². The van der Waals surface area contributed by atoms with Gasteiger partial charge in [-0.1, -0.05) is 18.2 Å². The van der Waals surface area contributed by atoms with E-state index < -0.39 is 0 Å². The number of nitrogens with two attached hydrogens (primary N) is 3. The topological polar surface area (TPSA) is 103 Å². The van der Waals surface area contributed by atoms with Crippen molar-refractivity contribution in [1.29, 1.82) is 0 Å². The van der Waals surface area contributed by atoms with Crippen molar-refractivity contribution in [2.24, 2.45) is 27.2 Å². The molecule has 0 spiro atoms. The average molecular weight is 317 g/mol. The lowest BCUT2D eigenvalue weighted by atomic mass is 10.2. The van der Waals surface area contributed by atoms with E-state index in [1.807, 2.05) is 24.3 Å². The molecule has 0 unspecified atom stereocenters. The molecule has 0 aliphatic heterocycles. The van der Waals surface area contributed by atoms with E-state index in [0.717, 1.165) is 9.13 Å². The van der Waals surface area contributed by atoms with E-state index in [0.29, 0.717) is 6.54 Å². The lowest BCUT2D eigenvalue weighted by molar-refractivity contribution is 1.04. The van der Waals surface area contributed by atoms with Crippen molar-refractivity contribution >= 4 is 34.5 Å². The smallest absolute Gasteiger partial charge is 0.218 e. The summed E-state index contributed by atoms with van der Waals surface area (Å²) in [5.74, 6) is 0.00802. The van der Waals surface area contributed by atoms with E-state index in [1.165, 1.54) is 0 Å². The van der Waals surface area contributed by atoms with Gasteiger partial charge in [0.2, 0.25) is 5.96 Å². The Labute approximate surface area is 102 Å². The van der Waals surface area contributed by atoms with Crippen molar-refractivity contribution in [2.45, 2.75) is 6.54 Å². The first-order valence-corrected chi connectivity index (χ1v) is 5.30. The van der Waals surface area contributed by atoms with E-state index in [1.54, 1.807) is 0 Å². The molecule has 0 saturated carbocycles. The Bertz CT molecular complexity index is 395. The molecule has 0 atom stereocenters. The van der Waals surface area contributed by atoms with Crippen LogP contribution >= 0.6 is 22.6 Å². The highest BCUT2D eigenvalue weighted by molar-refractivity contribution is 14.1. The highest BCUT2D eigenvalue weighted by Gasteiger charge is 1.96. The Morgan fingerprint density at radius 2 is 1.87 bits per heavy atom. The van der Waals surface area contributed by atoms with Gasteiger partial charge in [0.25, 0.3) is 0 Å². The number of rotatable bonds is 2. The number of nitrogens with zero attached hydrogens (tertiary/aromatic N) is 2. The molecule has 0 aliphatic carbocycles. The molecule has 0 bridgehead atoms. The van der Waals surface area contributed by atoms with E-state index in [2.05, 4.69) is 32.6 Å². The molecule has 0 radical (unpaired) electrons. The third-order valence-electron chi connectivity index (χ3n) is 1.61. The summed E-state index contributed by atoms with van der Waals surface area (Å²) in [7, 11) is 0. The van der Waals surface area contributed by atoms with Crippen molar-refractivity contribution in [3.05, 3.63) is 33.4 Å². The second kappa shape index (κ2) is 5.54. The van der Waals surface area contributed by atoms with Gasteiger partial charge in [-0.3, -0.25) is 0 Å². The minimum atomic E-state index is -0.0843. The normalized spacial score (nSPS) is 11.1. The summed E-state index contributed by atoms with van der Waals surface area (Å²) in [6.45, 7) is 0.474. The van der Waals surface area contributed by atoms with Gasteiger partial charge < -0.3 is 17.2 Å². The molecule has 0 saturated heterocycles. The minimum Gasteiger partial charge on any atom is -0.370 e. The van der Waals surface area contributed by atoms with Crippen LogP contribution in [0.2, 0.25) is 0 Å². The highest BCUT2D eigenvalue weighted by atomic mass is 127. The quantitative estimate of drug-likeness (QED) is 0.417. The fourth-order valence-corrected chi connectivity index (χ4v) is 1.52. The minimum absolute atomic E-state index is 0.0843. The average Bonchev–Trinajstić information content (AvgIpc) is 2.15. The summed E-state index contributed by atoms with van der Waals surface area (Å²) in [4.78, 5) is 7.66. The Morgan fingerprint density at radius 3 is 2.47 bits per heavy atom. The van der Waals surface area contributed by atoms with Crippen LogP contribution in [0.4, 0.5) is 0 Å². The second-order valence-electron chi connectivity index (χ2n) is 2.80. The molecular formula is C9H12IN5. The first kappa shape index (κ1) is 11.8. The molecule has 0 heterocycles. The van der Waals surface area contributed by atoms with Gasteiger partial charge in [-0.05, 0) is 34.2 Å². The number of hydrogen-bond acceptors (Lipinski definition) is 1. The molecule has 1 rings (SSSR count). The molecule has 5 nitrogen and oxygen atoms in total. The Morgan fingerprint density at radius 1 is 1.20 bits per heavy atom. The van der Waals surface area contributed by atoms with Gasteiger partial charge in [-0.15, -0.1) is 0 Å². The number of hydrogen-bond donors (Lipinski definition) is 3. The highest BCUT2D eigenvalue weighted by Crippen LogP contribution is 2.12. The lowest BCUT2D eigenvalue weighted by Gasteiger charge is -2.00. The fraction of sp³-hybridized carbons (Fsp3) is 0.111. The van der Waals surface area contributed by atoms with Gasteiger partial charge in [-0.2, -0.15) is 4.99 Å². The lowest BCUT2D eigenvalue weighted by Crippen LogP contribution is -2.26. The number of guanidine groups is 2. The Balaban J connectivity index is 2.72. The van der Waals surface area contributed by atoms with Crippen LogP contribution in [0.25, 0.3) is 0 Å². The van der Waals surface area contributed by atoms with Crippen LogP contribution < -0.4 is 17.2 Å². The summed E-state index contributed by atoms with van der Waals surface area (Å²) < 4.78 is 1.14. The number of halogens is 1. The van der Waals surface area contributed by atoms with Crippen LogP contribution in [-0.4, -0.2) is 11.9 Å². The first-order valence-electron chi connectivity index (χ1n) is 4.22. The third-order valence-corrected chi connectivity index (χ3v) is 2.67. The summed E-state index contributed by atoms with van der Waals surface area (Å²) >= 11 is 2.24. The summed E-state index contributed by atoms with van der Waals surface area (Å²) in [5, 5.41) is 0. The maximum Gasteiger partial charge on any atom is 0.218 e. The number of benzene rings is 1. The standard InChI is InChI=1S/C9H12IN5/c10-7-4-2-1-3-6(7)5-14-9(13)15-8(11)12/h1-4H,5H2,(H6,11,12,13,14,15). The van der Waals surface area contributed by atoms with Gasteiger partial charge in [0, 0.05) is 3.57 Å². The van der Waals surface area contributed by atoms with E-state index in [9.17, 15) is 0 Å². The van der Waals surface area contributed by atoms with Gasteiger partial charge in [0.05, 0.1) is 6.54 Å². The van der Waals surface area contributed by atoms with Crippen LogP contribution in [0.3, 0.4) is 0 Å². The van der Waals surface area contributed by atoms with Crippen LogP contribution in [0.1, 0.15) is 5.56 Å². The monoisotopic (exact) mass is 317 g/mol. The molecule has 0 aliphatic rings. The molecule has 0 amide bonds. The largest absolute Gasteiger partial charge is 0.370 e. The second-order valence-corrected chi connectivity index (χ2v) is 3.96. The zero-order chi connectivity index (χ0) is 11.3. The number of aliphatic imine (C=N–C) groups is 2. The zero-order valence-electron chi connectivity index (χ0n) is 8.02. The first-order chi connectivity index (χ1) is 7.09. The van der Waals surface area contributed by atoms with Gasteiger partial charge in [-0.25, -0.2) is 4.99 Å². The predicted molar refractivity (Wildman–Crippen MR) is 70.3 cm³/mol. The Hall–Kier alpha value is -1.31. The van der Waals surface area contributed by atoms with Gasteiger partial charge in [0.15, 0.2) is 5.96 Å². The van der Waals surface area contributed by atoms with Crippen molar-refractivity contribution in [2.75, 3.05) is 0 Å². The summed E-state index contributed by atoms with van der Waals surface area (Å²) in [5.41, 5.74) is 16.9. The molecule has 0 aromatic heterocycles. The molecule has 0 fully saturated rings. The molecule has 1 aromatic carbocycles. The maximum atomic E-state index is 5.47. The molecular weight excluding hydrogens is 305 g/mol. The van der Waals surface area contributed by atoms with Crippen LogP contribution in [-0.2, 0) is 6.54 Å². The van der Waals surface area contributed by atoms with Crippen molar-refractivity contribution in [1.82, 2.24) is 0 Å². The molecule has 80 valence electrons. The Kier molecular flexibility index (Phi) is 4.35. The van der Waals surface area contributed by atoms with Gasteiger partial charge >= 0.3 is 0 Å². The van der Waals surface area contributed by atoms with Crippen LogP contribution in [0.5, 0.6) is 0 Å². The van der Waals surface area contributed by atoms with Crippen LogP contribution in [0.15, 0.2) is 34.3 Å². The van der Waals surface area contributed by atoms with Gasteiger partial charge in [0.1, 0.15) is 0 Å². The van der Waals surface area contributed by atoms with Crippen LogP contribution in [0, 0.1) is 3.57 Å². The van der Waals surface area contributed by atoms with Crippen molar-refractivity contribution < 1.29 is 0 Å². The SMILES string of the molecule is NC(N)=NC(N)=NCc1ccccc1I. The fourth-order valence-electron chi connectivity index (χ4n) is 0.960. The molecule has 15 heavy (non-hydrogen) atoms. The zero-order valence-corrected chi connectivity index (χ0v) is 10.2. The third kappa shape index (κ3) is 4.15.